The number of hydrogen-bond donors (Lipinski definition) is 1. The van der Waals surface area contributed by atoms with Crippen molar-refractivity contribution in [1.29, 1.82) is 0 Å². The highest BCUT2D eigenvalue weighted by atomic mass is 16.5. The molecule has 1 N–H and O–H groups in total. The molecule has 0 saturated heterocycles. The highest BCUT2D eigenvalue weighted by Gasteiger charge is 2.32. The standard InChI is InChI=1S/C22H21N5O3/c1-23-22(29)20-15-27(18-9-5-6-10-19(18)30-20)21(28)12-11-17-14-26(25-24-17)13-16-7-3-2-4-8-16/h2-12,14,20H,13,15H2,1H3,(H,23,29)/b12-11+/t20-/m1/s1. The van der Waals surface area contributed by atoms with Crippen LogP contribution in [0.3, 0.4) is 0 Å². The van der Waals surface area contributed by atoms with E-state index in [1.165, 1.54) is 18.0 Å². The minimum atomic E-state index is -0.769. The molecule has 1 aliphatic rings. The number of carbonyl (C=O) groups excluding carboxylic acids is 2. The Hall–Kier alpha value is -3.94. The normalized spacial score (nSPS) is 15.5. The number of aromatic nitrogens is 3. The summed E-state index contributed by atoms with van der Waals surface area (Å²) in [6.07, 6.45) is 4.05. The number of para-hydroxylation sites is 2. The molecule has 3 aromatic rings. The van der Waals surface area contributed by atoms with Crippen LogP contribution >= 0.6 is 0 Å². The first-order valence-electron chi connectivity index (χ1n) is 9.55. The van der Waals surface area contributed by atoms with E-state index in [4.69, 9.17) is 4.74 Å². The molecular formula is C22H21N5O3. The summed E-state index contributed by atoms with van der Waals surface area (Å²) in [5.74, 6) is -0.0553. The first-order chi connectivity index (χ1) is 14.6. The number of benzene rings is 2. The van der Waals surface area contributed by atoms with E-state index in [-0.39, 0.29) is 18.4 Å². The van der Waals surface area contributed by atoms with Gasteiger partial charge in [0, 0.05) is 13.1 Å². The molecule has 1 atom stereocenters. The predicted octanol–water partition coefficient (Wildman–Crippen LogP) is 1.88. The van der Waals surface area contributed by atoms with E-state index in [1.54, 1.807) is 35.2 Å². The molecule has 0 spiro atoms. The lowest BCUT2D eigenvalue weighted by Crippen LogP contribution is -2.49. The summed E-state index contributed by atoms with van der Waals surface area (Å²) in [4.78, 5) is 26.5. The minimum absolute atomic E-state index is 0.126. The van der Waals surface area contributed by atoms with Crippen LogP contribution < -0.4 is 15.0 Å². The summed E-state index contributed by atoms with van der Waals surface area (Å²) >= 11 is 0. The molecule has 2 aromatic carbocycles. The average Bonchev–Trinajstić information content (AvgIpc) is 3.24. The van der Waals surface area contributed by atoms with Crippen molar-refractivity contribution in [2.45, 2.75) is 12.6 Å². The molecule has 8 nitrogen and oxygen atoms in total. The number of hydrogen-bond acceptors (Lipinski definition) is 5. The van der Waals surface area contributed by atoms with E-state index in [0.29, 0.717) is 23.7 Å². The third kappa shape index (κ3) is 4.22. The monoisotopic (exact) mass is 403 g/mol. The number of nitrogens with one attached hydrogen (secondary N) is 1. The second-order valence-electron chi connectivity index (χ2n) is 6.80. The topological polar surface area (TPSA) is 89.4 Å². The Morgan fingerprint density at radius 1 is 1.17 bits per heavy atom. The molecule has 0 fully saturated rings. The molecule has 30 heavy (non-hydrogen) atoms. The number of fused-ring (bicyclic) bond motifs is 1. The first kappa shape index (κ1) is 19.4. The van der Waals surface area contributed by atoms with Gasteiger partial charge >= 0.3 is 0 Å². The molecule has 4 rings (SSSR count). The Kier molecular flexibility index (Phi) is 5.56. The average molecular weight is 403 g/mol. The quantitative estimate of drug-likeness (QED) is 0.657. The van der Waals surface area contributed by atoms with E-state index in [9.17, 15) is 9.59 Å². The van der Waals surface area contributed by atoms with Crippen molar-refractivity contribution < 1.29 is 14.3 Å². The third-order valence-corrected chi connectivity index (χ3v) is 4.72. The van der Waals surface area contributed by atoms with Gasteiger partial charge in [-0.05, 0) is 23.8 Å². The number of ether oxygens (including phenoxy) is 1. The van der Waals surface area contributed by atoms with E-state index in [2.05, 4.69) is 15.6 Å². The Morgan fingerprint density at radius 2 is 1.93 bits per heavy atom. The number of anilines is 1. The fourth-order valence-corrected chi connectivity index (χ4v) is 3.22. The van der Waals surface area contributed by atoms with Gasteiger partial charge in [0.1, 0.15) is 11.4 Å². The maximum absolute atomic E-state index is 12.9. The fourth-order valence-electron chi connectivity index (χ4n) is 3.22. The molecule has 1 aliphatic heterocycles. The lowest BCUT2D eigenvalue weighted by molar-refractivity contribution is -0.127. The second-order valence-corrected chi connectivity index (χ2v) is 6.80. The Morgan fingerprint density at radius 3 is 2.73 bits per heavy atom. The number of rotatable bonds is 5. The zero-order valence-corrected chi connectivity index (χ0v) is 16.4. The van der Waals surface area contributed by atoms with Gasteiger partial charge in [-0.1, -0.05) is 47.7 Å². The van der Waals surface area contributed by atoms with Crippen molar-refractivity contribution in [3.8, 4) is 5.75 Å². The molecule has 0 radical (unpaired) electrons. The maximum Gasteiger partial charge on any atom is 0.262 e. The van der Waals surface area contributed by atoms with Crippen LogP contribution in [0.4, 0.5) is 5.69 Å². The lowest BCUT2D eigenvalue weighted by Gasteiger charge is -2.33. The number of carbonyl (C=O) groups is 2. The van der Waals surface area contributed by atoms with Crippen LogP contribution in [-0.4, -0.2) is 46.5 Å². The molecule has 0 aliphatic carbocycles. The van der Waals surface area contributed by atoms with Crippen LogP contribution in [0, 0.1) is 0 Å². The molecule has 2 heterocycles. The predicted molar refractivity (Wildman–Crippen MR) is 112 cm³/mol. The van der Waals surface area contributed by atoms with Crippen LogP contribution in [0.25, 0.3) is 6.08 Å². The van der Waals surface area contributed by atoms with Crippen LogP contribution in [0.2, 0.25) is 0 Å². The van der Waals surface area contributed by atoms with Crippen LogP contribution in [0.5, 0.6) is 5.75 Å². The van der Waals surface area contributed by atoms with Crippen molar-refractivity contribution in [1.82, 2.24) is 20.3 Å². The number of nitrogens with zero attached hydrogens (tertiary/aromatic N) is 4. The van der Waals surface area contributed by atoms with Crippen LogP contribution in [0.1, 0.15) is 11.3 Å². The summed E-state index contributed by atoms with van der Waals surface area (Å²) in [5, 5.41) is 10.8. The van der Waals surface area contributed by atoms with Crippen molar-refractivity contribution in [2.75, 3.05) is 18.5 Å². The Balaban J connectivity index is 1.49. The number of amides is 2. The van der Waals surface area contributed by atoms with E-state index >= 15 is 0 Å². The molecule has 1 aromatic heterocycles. The molecule has 0 saturated carbocycles. The minimum Gasteiger partial charge on any atom is -0.477 e. The molecule has 152 valence electrons. The van der Waals surface area contributed by atoms with Gasteiger partial charge in [-0.25, -0.2) is 4.68 Å². The second kappa shape index (κ2) is 8.60. The van der Waals surface area contributed by atoms with Gasteiger partial charge in [0.25, 0.3) is 11.8 Å². The van der Waals surface area contributed by atoms with Crippen molar-refractivity contribution in [3.63, 3.8) is 0 Å². The van der Waals surface area contributed by atoms with E-state index in [0.717, 1.165) is 5.56 Å². The lowest BCUT2D eigenvalue weighted by atomic mass is 10.1. The summed E-state index contributed by atoms with van der Waals surface area (Å²) in [6.45, 7) is 0.723. The van der Waals surface area contributed by atoms with Crippen molar-refractivity contribution in [3.05, 3.63) is 78.1 Å². The first-order valence-corrected chi connectivity index (χ1v) is 9.55. The highest BCUT2D eigenvalue weighted by Crippen LogP contribution is 2.33. The van der Waals surface area contributed by atoms with Gasteiger partial charge in [-0.2, -0.15) is 0 Å². The van der Waals surface area contributed by atoms with Gasteiger partial charge in [0.15, 0.2) is 6.10 Å². The van der Waals surface area contributed by atoms with Crippen LogP contribution in [-0.2, 0) is 16.1 Å². The Labute approximate surface area is 173 Å². The molecule has 2 amide bonds. The largest absolute Gasteiger partial charge is 0.477 e. The Bertz CT molecular complexity index is 1080. The zero-order valence-electron chi connectivity index (χ0n) is 16.4. The fraction of sp³-hybridized carbons (Fsp3) is 0.182. The summed E-state index contributed by atoms with van der Waals surface area (Å²) in [5.41, 5.74) is 2.31. The summed E-state index contributed by atoms with van der Waals surface area (Å²) < 4.78 is 7.45. The van der Waals surface area contributed by atoms with Gasteiger partial charge in [-0.3, -0.25) is 9.59 Å². The van der Waals surface area contributed by atoms with Gasteiger partial charge in [0.2, 0.25) is 0 Å². The molecule has 8 heteroatoms. The maximum atomic E-state index is 12.9. The van der Waals surface area contributed by atoms with Crippen molar-refractivity contribution >= 4 is 23.6 Å². The molecule has 0 unspecified atom stereocenters. The van der Waals surface area contributed by atoms with Gasteiger partial charge in [0.05, 0.1) is 25.0 Å². The summed E-state index contributed by atoms with van der Waals surface area (Å²) in [7, 11) is 1.54. The number of likely N-dealkylation sites (N-methyl/N-ethyl adjacent to an activating group) is 1. The third-order valence-electron chi connectivity index (χ3n) is 4.72. The molecular weight excluding hydrogens is 382 g/mol. The zero-order chi connectivity index (χ0) is 20.9. The van der Waals surface area contributed by atoms with Gasteiger partial charge in [-0.15, -0.1) is 5.10 Å². The van der Waals surface area contributed by atoms with Crippen molar-refractivity contribution in [2.24, 2.45) is 0 Å². The van der Waals surface area contributed by atoms with E-state index < -0.39 is 6.10 Å². The summed E-state index contributed by atoms with van der Waals surface area (Å²) in [6, 6.07) is 17.1. The van der Waals surface area contributed by atoms with Crippen LogP contribution in [0.15, 0.2) is 66.9 Å². The smallest absolute Gasteiger partial charge is 0.262 e. The van der Waals surface area contributed by atoms with Gasteiger partial charge < -0.3 is 15.0 Å². The molecule has 0 bridgehead atoms. The SMILES string of the molecule is CNC(=O)[C@H]1CN(C(=O)/C=C/c2cn(Cc3ccccc3)nn2)c2ccccc2O1. The highest BCUT2D eigenvalue weighted by molar-refractivity contribution is 6.05. The van der Waals surface area contributed by atoms with E-state index in [1.807, 2.05) is 36.4 Å².